The Hall–Kier alpha value is -12.4. The number of aromatic nitrogens is 2. The average molecular weight is 1260 g/mol. The van der Waals surface area contributed by atoms with E-state index in [-0.39, 0.29) is 12.1 Å². The van der Waals surface area contributed by atoms with Crippen LogP contribution in [0, 0.1) is 0 Å². The van der Waals surface area contributed by atoms with E-state index in [9.17, 15) is 0 Å². The van der Waals surface area contributed by atoms with Crippen LogP contribution in [0.15, 0.2) is 352 Å². The normalized spacial score (nSPS) is 12.5. The number of fused-ring (bicyclic) bond motifs is 10. The fraction of sp³-hybridized carbons (Fsp3) is 0.0426. The maximum atomic E-state index is 2.70. The highest BCUT2D eigenvalue weighted by Crippen LogP contribution is 2.55. The second-order valence-electron chi connectivity index (χ2n) is 27.5. The number of benzene rings is 15. The van der Waals surface area contributed by atoms with Crippen molar-refractivity contribution in [2.75, 3.05) is 9.80 Å². The Morgan fingerprint density at radius 1 is 0.253 bits per heavy atom. The van der Waals surface area contributed by atoms with Crippen LogP contribution in [0.25, 0.3) is 122 Å². The Morgan fingerprint density at radius 3 is 0.929 bits per heavy atom. The van der Waals surface area contributed by atoms with Crippen LogP contribution in [0.4, 0.5) is 34.1 Å². The van der Waals surface area contributed by atoms with Crippen molar-refractivity contribution in [3.63, 3.8) is 0 Å². The monoisotopic (exact) mass is 1260 g/mol. The molecule has 0 saturated carbocycles. The highest BCUT2D eigenvalue weighted by atomic mass is 15.2. The zero-order valence-corrected chi connectivity index (χ0v) is 55.4. The van der Waals surface area contributed by atoms with Crippen LogP contribution in [0.3, 0.4) is 0 Å². The predicted molar refractivity (Wildman–Crippen MR) is 420 cm³/mol. The quantitative estimate of drug-likeness (QED) is 0.127. The maximum Gasteiger partial charge on any atom is 0.252 e. The molecule has 0 radical (unpaired) electrons. The van der Waals surface area contributed by atoms with Crippen LogP contribution in [-0.2, 0) is 5.41 Å². The number of hydrogen-bond acceptors (Lipinski definition) is 2. The minimum atomic E-state index is -0.313. The van der Waals surface area contributed by atoms with Crippen LogP contribution < -0.4 is 26.2 Å². The molecule has 17 aromatic rings. The molecule has 466 valence electrons. The smallest absolute Gasteiger partial charge is 0.252 e. The fourth-order valence-electron chi connectivity index (χ4n) is 16.4. The van der Waals surface area contributed by atoms with Crippen LogP contribution in [-0.4, -0.2) is 15.8 Å². The Labute approximate surface area is 577 Å². The van der Waals surface area contributed by atoms with Gasteiger partial charge in [-0.1, -0.05) is 312 Å². The van der Waals surface area contributed by atoms with Crippen molar-refractivity contribution in [1.82, 2.24) is 9.13 Å². The highest BCUT2D eigenvalue weighted by Gasteiger charge is 2.46. The lowest BCUT2D eigenvalue weighted by Crippen LogP contribution is -2.61. The van der Waals surface area contributed by atoms with Crippen molar-refractivity contribution in [2.45, 2.75) is 26.2 Å². The van der Waals surface area contributed by atoms with Crippen LogP contribution in [0.2, 0.25) is 0 Å². The molecule has 0 amide bonds. The third-order valence-corrected chi connectivity index (χ3v) is 20.8. The fourth-order valence-corrected chi connectivity index (χ4v) is 16.4. The molecule has 0 spiro atoms. The van der Waals surface area contributed by atoms with Crippen molar-refractivity contribution in [1.29, 1.82) is 0 Å². The topological polar surface area (TPSA) is 16.3 Å². The molecule has 0 fully saturated rings. The van der Waals surface area contributed by atoms with Crippen molar-refractivity contribution in [3.05, 3.63) is 357 Å². The molecule has 0 aliphatic carbocycles. The summed E-state index contributed by atoms with van der Waals surface area (Å²) in [6, 6.07) is 132. The summed E-state index contributed by atoms with van der Waals surface area (Å²) in [5.74, 6) is 0. The minimum Gasteiger partial charge on any atom is -0.310 e. The zero-order chi connectivity index (χ0) is 65.9. The van der Waals surface area contributed by atoms with Gasteiger partial charge in [-0.3, -0.25) is 0 Å². The molecule has 5 heteroatoms. The van der Waals surface area contributed by atoms with Gasteiger partial charge in [0.05, 0.1) is 33.4 Å². The molecule has 19 rings (SSSR count). The molecule has 2 aromatic heterocycles. The van der Waals surface area contributed by atoms with Crippen molar-refractivity contribution in [2.24, 2.45) is 0 Å². The van der Waals surface area contributed by atoms with Gasteiger partial charge in [-0.05, 0) is 121 Å². The van der Waals surface area contributed by atoms with E-state index in [1.54, 1.807) is 0 Å². The summed E-state index contributed by atoms with van der Waals surface area (Å²) >= 11 is 0. The molecule has 4 nitrogen and oxygen atoms in total. The van der Waals surface area contributed by atoms with Crippen LogP contribution >= 0.6 is 0 Å². The van der Waals surface area contributed by atoms with Crippen molar-refractivity contribution < 1.29 is 0 Å². The highest BCUT2D eigenvalue weighted by molar-refractivity contribution is 7.00. The Morgan fingerprint density at radius 2 is 0.566 bits per heavy atom. The summed E-state index contributed by atoms with van der Waals surface area (Å²) in [5.41, 5.74) is 32.2. The van der Waals surface area contributed by atoms with Crippen molar-refractivity contribution >= 4 is 101 Å². The van der Waals surface area contributed by atoms with Gasteiger partial charge in [0.1, 0.15) is 0 Å². The van der Waals surface area contributed by atoms with Gasteiger partial charge in [0, 0.05) is 89.0 Å². The molecule has 0 atom stereocenters. The summed E-state index contributed by atoms with van der Waals surface area (Å²) in [4.78, 5) is 5.39. The van der Waals surface area contributed by atoms with Gasteiger partial charge >= 0.3 is 0 Å². The second kappa shape index (κ2) is 23.2. The van der Waals surface area contributed by atoms with Gasteiger partial charge in [0.2, 0.25) is 0 Å². The number of nitrogens with zero attached hydrogens (tertiary/aromatic N) is 4. The lowest BCUT2D eigenvalue weighted by atomic mass is 9.33. The van der Waals surface area contributed by atoms with E-state index in [1.807, 2.05) is 0 Å². The summed E-state index contributed by atoms with van der Waals surface area (Å²) in [7, 11) is 0. The molecule has 0 bridgehead atoms. The number of hydrogen-bond donors (Lipinski definition) is 0. The molecule has 2 aliphatic heterocycles. The summed E-state index contributed by atoms with van der Waals surface area (Å²) in [6.45, 7) is 6.93. The van der Waals surface area contributed by atoms with E-state index in [1.165, 1.54) is 65.6 Å². The van der Waals surface area contributed by atoms with E-state index in [0.717, 1.165) is 112 Å². The summed E-state index contributed by atoms with van der Waals surface area (Å²) in [6.07, 6.45) is 0. The molecular weight excluding hydrogens is 1200 g/mol. The first-order chi connectivity index (χ1) is 48.8. The Balaban J connectivity index is 0.971. The van der Waals surface area contributed by atoms with E-state index in [0.29, 0.717) is 0 Å². The Bertz CT molecular complexity index is 5540. The van der Waals surface area contributed by atoms with Gasteiger partial charge in [0.25, 0.3) is 6.71 Å². The SMILES string of the molecule is CC(C)(C)c1cc2c3c(c1)N(c1c(-c4ccccc4)cccc1-c1ccccc1)c1cc(-c4cccc5c6ccccc6n(-c6ccccc6)c45)ccc1B3c1ccc(-c3cccc4c5ccccc5n(-c5ccccc5)c34)cc1N2c1c(-c2ccccc2)cccc1-c1ccccc1. The molecule has 0 unspecified atom stereocenters. The lowest BCUT2D eigenvalue weighted by molar-refractivity contribution is 0.590. The Kier molecular flexibility index (Phi) is 13.6. The standard InChI is InChI=1S/C94H67BN4/c1-94(2,3)68-60-87-89-88(61-68)99(91-73(64-34-14-6-15-35-64)46-27-47-74(91)65-36-16-7-17-37-65)86-59-67(76-49-29-51-80-78-43-23-25-53-84(78)97(93(76)80)70-40-20-9-21-41-70)55-57-82(86)95(89)81-56-54-66(75-48-28-50-79-77-42-22-24-52-83(77)96(92(75)79)69-38-18-8-19-39-69)58-85(81)98(87)90-71(62-30-10-4-11-31-62)44-26-45-72(90)63-32-12-5-13-33-63/h4-61H,1-3H3. The average Bonchev–Trinajstić information content (AvgIpc) is 1.64. The van der Waals surface area contributed by atoms with Crippen molar-refractivity contribution in [3.8, 4) is 78.1 Å². The van der Waals surface area contributed by atoms with Crippen LogP contribution in [0.1, 0.15) is 26.3 Å². The first kappa shape index (κ1) is 58.0. The molecule has 15 aromatic carbocycles. The molecular formula is C94H67BN4. The van der Waals surface area contributed by atoms with Gasteiger partial charge in [-0.2, -0.15) is 0 Å². The summed E-state index contributed by atoms with van der Waals surface area (Å²) < 4.78 is 4.96. The van der Waals surface area contributed by atoms with Gasteiger partial charge < -0.3 is 18.9 Å². The van der Waals surface area contributed by atoms with E-state index in [4.69, 9.17) is 0 Å². The third-order valence-electron chi connectivity index (χ3n) is 20.8. The minimum absolute atomic E-state index is 0.226. The number of rotatable bonds is 10. The molecule has 0 N–H and O–H groups in total. The van der Waals surface area contributed by atoms with E-state index >= 15 is 0 Å². The van der Waals surface area contributed by atoms with Gasteiger partial charge in [-0.25, -0.2) is 0 Å². The number of para-hydroxylation sites is 8. The largest absolute Gasteiger partial charge is 0.310 e. The third kappa shape index (κ3) is 9.29. The molecule has 0 saturated heterocycles. The predicted octanol–water partition coefficient (Wildman–Crippen LogP) is 23.3. The molecule has 99 heavy (non-hydrogen) atoms. The summed E-state index contributed by atoms with van der Waals surface area (Å²) in [5, 5.41) is 4.88. The first-order valence-electron chi connectivity index (χ1n) is 34.5. The second-order valence-corrected chi connectivity index (χ2v) is 27.5. The van der Waals surface area contributed by atoms with Gasteiger partial charge in [-0.15, -0.1) is 0 Å². The maximum absolute atomic E-state index is 2.70. The zero-order valence-electron chi connectivity index (χ0n) is 55.4. The molecule has 2 aliphatic rings. The van der Waals surface area contributed by atoms with E-state index < -0.39 is 0 Å². The number of anilines is 6. The van der Waals surface area contributed by atoms with E-state index in [2.05, 4.69) is 392 Å². The molecule has 4 heterocycles. The lowest BCUT2D eigenvalue weighted by Gasteiger charge is -2.46. The first-order valence-corrected chi connectivity index (χ1v) is 34.5. The van der Waals surface area contributed by atoms with Gasteiger partial charge in [0.15, 0.2) is 0 Å². The van der Waals surface area contributed by atoms with Crippen LogP contribution in [0.5, 0.6) is 0 Å².